The zero-order valence-corrected chi connectivity index (χ0v) is 11.9. The number of hydrogen-bond acceptors (Lipinski definition) is 4. The lowest BCUT2D eigenvalue weighted by Crippen LogP contribution is -2.40. The Kier molecular flexibility index (Phi) is 3.99. The van der Waals surface area contributed by atoms with Gasteiger partial charge < -0.3 is 10.1 Å². The summed E-state index contributed by atoms with van der Waals surface area (Å²) < 4.78 is 6.22. The number of hydrogen-bond donors (Lipinski definition) is 1. The predicted octanol–water partition coefficient (Wildman–Crippen LogP) is 2.78. The van der Waals surface area contributed by atoms with E-state index in [1.54, 1.807) is 0 Å². The standard InChI is InChI=1S/C12H18BrN3O/c1-3-10-14-9(13)8-11(15-10)16-12(2)4-6-17-7-5-12/h8H,3-7H2,1-2H3,(H,14,15,16). The lowest BCUT2D eigenvalue weighted by atomic mass is 9.92. The molecule has 0 amide bonds. The molecule has 1 N–H and O–H groups in total. The van der Waals surface area contributed by atoms with Gasteiger partial charge in [0, 0.05) is 31.2 Å². The Morgan fingerprint density at radius 1 is 1.41 bits per heavy atom. The third-order valence-corrected chi connectivity index (χ3v) is 3.49. The highest BCUT2D eigenvalue weighted by Crippen LogP contribution is 2.25. The molecule has 1 aliphatic rings. The van der Waals surface area contributed by atoms with Crippen LogP contribution in [0.3, 0.4) is 0 Å². The number of ether oxygens (including phenoxy) is 1. The number of nitrogens with zero attached hydrogens (tertiary/aromatic N) is 2. The highest BCUT2D eigenvalue weighted by molar-refractivity contribution is 9.10. The number of rotatable bonds is 3. The van der Waals surface area contributed by atoms with Gasteiger partial charge in [-0.3, -0.25) is 0 Å². The van der Waals surface area contributed by atoms with E-state index in [2.05, 4.69) is 45.1 Å². The van der Waals surface area contributed by atoms with Gasteiger partial charge >= 0.3 is 0 Å². The van der Waals surface area contributed by atoms with Crippen molar-refractivity contribution in [2.24, 2.45) is 0 Å². The average Bonchev–Trinajstić information content (AvgIpc) is 2.28. The molecule has 5 heteroatoms. The molecule has 94 valence electrons. The van der Waals surface area contributed by atoms with Crippen LogP contribution < -0.4 is 5.32 Å². The lowest BCUT2D eigenvalue weighted by molar-refractivity contribution is 0.0657. The molecule has 1 fully saturated rings. The summed E-state index contributed by atoms with van der Waals surface area (Å²) in [4.78, 5) is 8.81. The van der Waals surface area contributed by atoms with E-state index in [1.165, 1.54) is 0 Å². The van der Waals surface area contributed by atoms with Crippen LogP contribution >= 0.6 is 15.9 Å². The van der Waals surface area contributed by atoms with Crippen LogP contribution in [-0.2, 0) is 11.2 Å². The zero-order valence-electron chi connectivity index (χ0n) is 10.3. The van der Waals surface area contributed by atoms with E-state index in [4.69, 9.17) is 4.74 Å². The molecular formula is C12H18BrN3O. The van der Waals surface area contributed by atoms with Crippen LogP contribution in [0.15, 0.2) is 10.7 Å². The Morgan fingerprint density at radius 3 is 2.76 bits per heavy atom. The van der Waals surface area contributed by atoms with Crippen LogP contribution in [-0.4, -0.2) is 28.7 Å². The molecule has 1 aromatic heterocycles. The summed E-state index contributed by atoms with van der Waals surface area (Å²) in [6.07, 6.45) is 2.86. The summed E-state index contributed by atoms with van der Waals surface area (Å²) in [5.74, 6) is 1.76. The summed E-state index contributed by atoms with van der Waals surface area (Å²) in [5.41, 5.74) is 0.0804. The number of aryl methyl sites for hydroxylation is 1. The van der Waals surface area contributed by atoms with Gasteiger partial charge in [-0.05, 0) is 35.7 Å². The largest absolute Gasteiger partial charge is 0.381 e. The molecule has 2 heterocycles. The number of halogens is 1. The smallest absolute Gasteiger partial charge is 0.131 e. The predicted molar refractivity (Wildman–Crippen MR) is 71.2 cm³/mol. The zero-order chi connectivity index (χ0) is 12.3. The SMILES string of the molecule is CCc1nc(Br)cc(NC2(C)CCOCC2)n1. The Morgan fingerprint density at radius 2 is 2.12 bits per heavy atom. The van der Waals surface area contributed by atoms with Gasteiger partial charge in [-0.2, -0.15) is 0 Å². The molecule has 1 aromatic rings. The fourth-order valence-corrected chi connectivity index (χ4v) is 2.36. The summed E-state index contributed by atoms with van der Waals surface area (Å²) in [6, 6.07) is 1.93. The van der Waals surface area contributed by atoms with E-state index < -0.39 is 0 Å². The van der Waals surface area contributed by atoms with Crippen molar-refractivity contribution >= 4 is 21.7 Å². The molecule has 2 rings (SSSR count). The quantitative estimate of drug-likeness (QED) is 0.872. The molecule has 0 aromatic carbocycles. The number of nitrogens with one attached hydrogen (secondary N) is 1. The molecule has 0 bridgehead atoms. The second-order valence-corrected chi connectivity index (χ2v) is 5.46. The van der Waals surface area contributed by atoms with Gasteiger partial charge in [-0.25, -0.2) is 9.97 Å². The first-order valence-corrected chi connectivity index (χ1v) is 6.80. The third kappa shape index (κ3) is 3.39. The van der Waals surface area contributed by atoms with E-state index in [0.29, 0.717) is 0 Å². The van der Waals surface area contributed by atoms with Crippen LogP contribution in [0.1, 0.15) is 32.5 Å². The normalized spacial score (nSPS) is 19.0. The fraction of sp³-hybridized carbons (Fsp3) is 0.667. The first-order chi connectivity index (χ1) is 8.11. The maximum atomic E-state index is 5.39. The van der Waals surface area contributed by atoms with Crippen molar-refractivity contribution < 1.29 is 4.74 Å². The first kappa shape index (κ1) is 12.8. The van der Waals surface area contributed by atoms with E-state index in [-0.39, 0.29) is 5.54 Å². The Balaban J connectivity index is 2.14. The topological polar surface area (TPSA) is 47.0 Å². The van der Waals surface area contributed by atoms with Crippen LogP contribution in [0.2, 0.25) is 0 Å². The maximum absolute atomic E-state index is 5.39. The van der Waals surface area contributed by atoms with Gasteiger partial charge in [0.05, 0.1) is 0 Å². The minimum atomic E-state index is 0.0804. The van der Waals surface area contributed by atoms with Crippen molar-refractivity contribution in [3.63, 3.8) is 0 Å². The second-order valence-electron chi connectivity index (χ2n) is 4.64. The summed E-state index contributed by atoms with van der Waals surface area (Å²) >= 11 is 3.42. The van der Waals surface area contributed by atoms with E-state index in [0.717, 1.165) is 48.7 Å². The Bertz CT molecular complexity index is 391. The van der Waals surface area contributed by atoms with E-state index in [9.17, 15) is 0 Å². The van der Waals surface area contributed by atoms with Gasteiger partial charge in [0.15, 0.2) is 0 Å². The fourth-order valence-electron chi connectivity index (χ4n) is 1.94. The van der Waals surface area contributed by atoms with Crippen molar-refractivity contribution in [2.75, 3.05) is 18.5 Å². The number of aromatic nitrogens is 2. The summed E-state index contributed by atoms with van der Waals surface area (Å²) in [6.45, 7) is 5.91. The lowest BCUT2D eigenvalue weighted by Gasteiger charge is -2.35. The molecule has 0 aliphatic carbocycles. The highest BCUT2D eigenvalue weighted by Gasteiger charge is 2.27. The molecule has 0 saturated carbocycles. The highest BCUT2D eigenvalue weighted by atomic mass is 79.9. The second kappa shape index (κ2) is 5.31. The molecular weight excluding hydrogens is 282 g/mol. The van der Waals surface area contributed by atoms with Crippen LogP contribution in [0.25, 0.3) is 0 Å². The minimum Gasteiger partial charge on any atom is -0.381 e. The Labute approximate surface area is 110 Å². The number of anilines is 1. The van der Waals surface area contributed by atoms with Gasteiger partial charge in [-0.15, -0.1) is 0 Å². The Hall–Kier alpha value is -0.680. The summed E-state index contributed by atoms with van der Waals surface area (Å²) in [5, 5.41) is 3.51. The molecule has 17 heavy (non-hydrogen) atoms. The van der Waals surface area contributed by atoms with E-state index >= 15 is 0 Å². The van der Waals surface area contributed by atoms with Crippen molar-refractivity contribution in [1.29, 1.82) is 0 Å². The molecule has 0 spiro atoms. The molecule has 0 unspecified atom stereocenters. The van der Waals surface area contributed by atoms with Crippen molar-refractivity contribution in [3.8, 4) is 0 Å². The van der Waals surface area contributed by atoms with Crippen molar-refractivity contribution in [2.45, 2.75) is 38.6 Å². The van der Waals surface area contributed by atoms with Crippen LogP contribution in [0.5, 0.6) is 0 Å². The first-order valence-electron chi connectivity index (χ1n) is 6.01. The minimum absolute atomic E-state index is 0.0804. The van der Waals surface area contributed by atoms with Gasteiger partial charge in [-0.1, -0.05) is 6.92 Å². The average molecular weight is 300 g/mol. The van der Waals surface area contributed by atoms with Crippen LogP contribution in [0, 0.1) is 0 Å². The third-order valence-electron chi connectivity index (χ3n) is 3.08. The monoisotopic (exact) mass is 299 g/mol. The van der Waals surface area contributed by atoms with Crippen LogP contribution in [0.4, 0.5) is 5.82 Å². The van der Waals surface area contributed by atoms with E-state index in [1.807, 2.05) is 6.07 Å². The van der Waals surface area contributed by atoms with Crippen molar-refractivity contribution in [1.82, 2.24) is 9.97 Å². The van der Waals surface area contributed by atoms with Gasteiger partial charge in [0.1, 0.15) is 16.2 Å². The van der Waals surface area contributed by atoms with Gasteiger partial charge in [0.2, 0.25) is 0 Å². The molecule has 4 nitrogen and oxygen atoms in total. The van der Waals surface area contributed by atoms with Crippen molar-refractivity contribution in [3.05, 3.63) is 16.5 Å². The molecule has 0 radical (unpaired) electrons. The maximum Gasteiger partial charge on any atom is 0.131 e. The molecule has 1 aliphatic heterocycles. The summed E-state index contributed by atoms with van der Waals surface area (Å²) in [7, 11) is 0. The molecule has 0 atom stereocenters. The molecule has 1 saturated heterocycles. The van der Waals surface area contributed by atoms with Gasteiger partial charge in [0.25, 0.3) is 0 Å².